The summed E-state index contributed by atoms with van der Waals surface area (Å²) in [5.74, 6) is -2.17. The Kier molecular flexibility index (Phi) is 6.68. The van der Waals surface area contributed by atoms with Crippen LogP contribution in [0.5, 0.6) is 0 Å². The topological polar surface area (TPSA) is 92.8 Å². The third-order valence-electron chi connectivity index (χ3n) is 7.37. The molecule has 2 aromatic rings. The molecule has 1 aliphatic heterocycles. The number of benzene rings is 2. The van der Waals surface area contributed by atoms with Gasteiger partial charge in [-0.3, -0.25) is 19.3 Å². The summed E-state index contributed by atoms with van der Waals surface area (Å²) in [6.45, 7) is -0.565. The maximum absolute atomic E-state index is 13.4. The number of hydrogen-bond acceptors (Lipinski definition) is 5. The van der Waals surface area contributed by atoms with Gasteiger partial charge in [-0.2, -0.15) is 0 Å². The molecule has 2 saturated carbocycles. The third-order valence-corrected chi connectivity index (χ3v) is 8.17. The summed E-state index contributed by atoms with van der Waals surface area (Å²) >= 11 is 9.44. The largest absolute Gasteiger partial charge is 0.454 e. The van der Waals surface area contributed by atoms with Crippen LogP contribution in [0.15, 0.2) is 53.0 Å². The van der Waals surface area contributed by atoms with Gasteiger partial charge in [-0.05, 0) is 54.9 Å². The minimum Gasteiger partial charge on any atom is -0.454 e. The molecule has 1 N–H and O–H groups in total. The van der Waals surface area contributed by atoms with Crippen molar-refractivity contribution in [3.63, 3.8) is 0 Å². The lowest BCUT2D eigenvalue weighted by molar-refractivity contribution is -0.160. The van der Waals surface area contributed by atoms with Crippen molar-refractivity contribution in [3.8, 4) is 0 Å². The minimum absolute atomic E-state index is 0.131. The number of nitrogens with one attached hydrogen (secondary N) is 1. The summed E-state index contributed by atoms with van der Waals surface area (Å²) in [6, 6.07) is 13.0. The van der Waals surface area contributed by atoms with Gasteiger partial charge in [0.15, 0.2) is 6.61 Å². The molecule has 3 amide bonds. The first-order valence-corrected chi connectivity index (χ1v) is 12.8. The molecular formula is C26H24BrClN2O5. The van der Waals surface area contributed by atoms with Crippen LogP contribution in [-0.4, -0.2) is 41.2 Å². The van der Waals surface area contributed by atoms with Crippen molar-refractivity contribution in [2.45, 2.75) is 31.7 Å². The van der Waals surface area contributed by atoms with E-state index in [4.69, 9.17) is 16.3 Å². The van der Waals surface area contributed by atoms with Crippen molar-refractivity contribution in [1.82, 2.24) is 4.90 Å². The van der Waals surface area contributed by atoms with E-state index in [9.17, 15) is 19.2 Å². The van der Waals surface area contributed by atoms with Crippen LogP contribution in [0.3, 0.4) is 0 Å². The van der Waals surface area contributed by atoms with Crippen molar-refractivity contribution in [3.05, 3.63) is 63.6 Å². The number of fused-ring (bicyclic) bond motifs is 5. The Morgan fingerprint density at radius 3 is 2.34 bits per heavy atom. The number of carbonyl (C=O) groups is 4. The fourth-order valence-corrected chi connectivity index (χ4v) is 6.59. The van der Waals surface area contributed by atoms with Crippen LogP contribution in [0.4, 0.5) is 5.69 Å². The van der Waals surface area contributed by atoms with E-state index >= 15 is 0 Å². The highest BCUT2D eigenvalue weighted by molar-refractivity contribution is 9.10. The maximum atomic E-state index is 13.4. The number of ether oxygens (including phenoxy) is 1. The number of rotatable bonds is 7. The Morgan fingerprint density at radius 2 is 1.71 bits per heavy atom. The Balaban J connectivity index is 1.31. The number of amides is 3. The Bertz CT molecular complexity index is 1160. The van der Waals surface area contributed by atoms with E-state index < -0.39 is 24.5 Å². The van der Waals surface area contributed by atoms with Gasteiger partial charge in [0.1, 0.15) is 6.04 Å². The van der Waals surface area contributed by atoms with E-state index in [1.54, 1.807) is 18.2 Å². The van der Waals surface area contributed by atoms with Crippen LogP contribution in [0.2, 0.25) is 5.02 Å². The van der Waals surface area contributed by atoms with Gasteiger partial charge in [-0.15, -0.1) is 0 Å². The number of anilines is 1. The number of nitrogens with zero attached hydrogens (tertiary/aromatic N) is 1. The first-order valence-electron chi connectivity index (χ1n) is 11.7. The number of carbonyl (C=O) groups excluding carboxylic acids is 4. The molecule has 3 fully saturated rings. The molecule has 3 aliphatic rings. The summed E-state index contributed by atoms with van der Waals surface area (Å²) in [7, 11) is 0. The smallest absolute Gasteiger partial charge is 0.330 e. The van der Waals surface area contributed by atoms with Crippen molar-refractivity contribution in [1.29, 1.82) is 0 Å². The predicted molar refractivity (Wildman–Crippen MR) is 132 cm³/mol. The van der Waals surface area contributed by atoms with E-state index in [1.807, 2.05) is 30.3 Å². The average molecular weight is 560 g/mol. The first-order chi connectivity index (χ1) is 16.8. The fourth-order valence-electron chi connectivity index (χ4n) is 5.87. The van der Waals surface area contributed by atoms with Gasteiger partial charge in [0.2, 0.25) is 11.8 Å². The summed E-state index contributed by atoms with van der Waals surface area (Å²) in [4.78, 5) is 53.5. The van der Waals surface area contributed by atoms with Crippen LogP contribution in [-0.2, 0) is 30.3 Å². The lowest BCUT2D eigenvalue weighted by Crippen LogP contribution is -2.48. The highest BCUT2D eigenvalue weighted by Crippen LogP contribution is 2.56. The molecule has 182 valence electrons. The van der Waals surface area contributed by atoms with Crippen molar-refractivity contribution < 1.29 is 23.9 Å². The van der Waals surface area contributed by atoms with Gasteiger partial charge in [0.25, 0.3) is 5.91 Å². The molecule has 5 atom stereocenters. The van der Waals surface area contributed by atoms with Gasteiger partial charge in [-0.1, -0.05) is 57.9 Å². The average Bonchev–Trinajstić information content (AvgIpc) is 3.52. The first kappa shape index (κ1) is 24.0. The molecule has 7 nitrogen and oxygen atoms in total. The molecule has 0 radical (unpaired) electrons. The van der Waals surface area contributed by atoms with Gasteiger partial charge in [0, 0.05) is 10.9 Å². The second kappa shape index (κ2) is 9.74. The van der Waals surface area contributed by atoms with E-state index in [0.29, 0.717) is 10.7 Å². The van der Waals surface area contributed by atoms with Crippen molar-refractivity contribution in [2.75, 3.05) is 11.9 Å². The lowest BCUT2D eigenvalue weighted by atomic mass is 9.81. The van der Waals surface area contributed by atoms with Crippen LogP contribution < -0.4 is 5.32 Å². The van der Waals surface area contributed by atoms with Gasteiger partial charge < -0.3 is 10.1 Å². The SMILES string of the molecule is O=C(COC(=O)[C@H](Cc1ccccc1)N1C(=O)[C@@H]2[C@H]3CC[C@@H](C3)[C@@H]2C1=O)Nc1ccc(Br)cc1Cl. The second-order valence-corrected chi connectivity index (χ2v) is 10.7. The third kappa shape index (κ3) is 4.61. The highest BCUT2D eigenvalue weighted by atomic mass is 79.9. The summed E-state index contributed by atoms with van der Waals surface area (Å²) in [6.07, 6.45) is 2.94. The minimum atomic E-state index is -1.12. The van der Waals surface area contributed by atoms with E-state index in [1.165, 1.54) is 0 Å². The molecule has 1 heterocycles. The van der Waals surface area contributed by atoms with E-state index in [2.05, 4.69) is 21.2 Å². The van der Waals surface area contributed by atoms with Gasteiger partial charge >= 0.3 is 5.97 Å². The second-order valence-electron chi connectivity index (χ2n) is 9.42. The zero-order valence-corrected chi connectivity index (χ0v) is 21.1. The summed E-state index contributed by atoms with van der Waals surface area (Å²) < 4.78 is 6.08. The predicted octanol–water partition coefficient (Wildman–Crippen LogP) is 4.23. The normalized spacial score (nSPS) is 25.5. The number of likely N-dealkylation sites (tertiary alicyclic amines) is 1. The standard InChI is InChI=1S/C26H24BrClN2O5/c27-17-8-9-19(18(28)12-17)29-21(31)13-35-26(34)20(10-14-4-2-1-3-5-14)30-24(32)22-15-6-7-16(11-15)23(22)25(30)33/h1-5,8-9,12,15-16,20,22-23H,6-7,10-11,13H2,(H,29,31)/t15-,16-,20-,22-,23+/m0/s1. The van der Waals surface area contributed by atoms with Crippen LogP contribution in [0.1, 0.15) is 24.8 Å². The molecule has 5 rings (SSSR count). The maximum Gasteiger partial charge on any atom is 0.330 e. The fraction of sp³-hybridized carbons (Fsp3) is 0.385. The number of halogens is 2. The van der Waals surface area contributed by atoms with Crippen LogP contribution in [0, 0.1) is 23.7 Å². The molecule has 35 heavy (non-hydrogen) atoms. The molecule has 1 saturated heterocycles. The van der Waals surface area contributed by atoms with Crippen LogP contribution >= 0.6 is 27.5 Å². The molecule has 0 spiro atoms. The summed E-state index contributed by atoms with van der Waals surface area (Å²) in [5.41, 5.74) is 1.17. The van der Waals surface area contributed by atoms with Crippen LogP contribution in [0.25, 0.3) is 0 Å². The van der Waals surface area contributed by atoms with E-state index in [-0.39, 0.29) is 41.9 Å². The number of imide groups is 1. The van der Waals surface area contributed by atoms with Gasteiger partial charge in [0.05, 0.1) is 22.5 Å². The molecule has 2 aliphatic carbocycles. The highest BCUT2D eigenvalue weighted by Gasteiger charge is 2.62. The molecule has 9 heteroatoms. The number of esters is 1. The molecule has 2 aromatic carbocycles. The Morgan fingerprint density at radius 1 is 1.06 bits per heavy atom. The monoisotopic (exact) mass is 558 g/mol. The zero-order valence-electron chi connectivity index (χ0n) is 18.8. The molecule has 0 unspecified atom stereocenters. The Labute approximate surface area is 216 Å². The quantitative estimate of drug-likeness (QED) is 0.405. The molecule has 0 aromatic heterocycles. The summed E-state index contributed by atoms with van der Waals surface area (Å²) in [5, 5.41) is 2.93. The van der Waals surface area contributed by atoms with Crippen molar-refractivity contribution in [2.24, 2.45) is 23.7 Å². The zero-order chi connectivity index (χ0) is 24.7. The Hall–Kier alpha value is -2.71. The van der Waals surface area contributed by atoms with E-state index in [0.717, 1.165) is 34.2 Å². The number of hydrogen-bond donors (Lipinski definition) is 1. The lowest BCUT2D eigenvalue weighted by Gasteiger charge is -2.26. The van der Waals surface area contributed by atoms with Crippen molar-refractivity contribution >= 4 is 56.9 Å². The molecule has 2 bridgehead atoms. The molecular weight excluding hydrogens is 536 g/mol. The van der Waals surface area contributed by atoms with Gasteiger partial charge in [-0.25, -0.2) is 4.79 Å².